The largest absolute Gasteiger partial charge is 0.333 e. The molecule has 2 aromatic rings. The van der Waals surface area contributed by atoms with Crippen LogP contribution in [0.15, 0.2) is 28.6 Å². The summed E-state index contributed by atoms with van der Waals surface area (Å²) in [5.41, 5.74) is -0.463. The van der Waals surface area contributed by atoms with Crippen molar-refractivity contribution in [3.8, 4) is 0 Å². The molecule has 0 atom stereocenters. The Hall–Kier alpha value is -2.77. The first-order valence-electron chi connectivity index (χ1n) is 8.15. The first-order chi connectivity index (χ1) is 11.9. The van der Waals surface area contributed by atoms with Crippen LogP contribution in [0.5, 0.6) is 0 Å². The molecule has 0 aliphatic rings. The van der Waals surface area contributed by atoms with E-state index in [1.54, 1.807) is 6.08 Å². The second-order valence-corrected chi connectivity index (χ2v) is 6.04. The maximum atomic E-state index is 12.8. The molecule has 2 aromatic heterocycles. The van der Waals surface area contributed by atoms with Crippen molar-refractivity contribution < 1.29 is 9.59 Å². The number of rotatable bonds is 9. The molecular weight excluding hydrogens is 324 g/mol. The molecule has 2 rings (SSSR count). The fraction of sp³-hybridized carbons (Fsp3) is 0.471. The number of imidazole rings is 1. The van der Waals surface area contributed by atoms with Gasteiger partial charge in [-0.25, -0.2) is 9.78 Å². The number of hydrogen-bond donors (Lipinski definition) is 0. The molecule has 0 radical (unpaired) electrons. The van der Waals surface area contributed by atoms with E-state index in [4.69, 9.17) is 0 Å². The molecule has 8 heteroatoms. The molecule has 0 fully saturated rings. The number of allylic oxidation sites excluding steroid dienone is 1. The van der Waals surface area contributed by atoms with Gasteiger partial charge in [-0.15, -0.1) is 6.58 Å². The number of nitrogens with zero attached hydrogens (tertiary/aromatic N) is 4. The highest BCUT2D eigenvalue weighted by molar-refractivity contribution is 5.78. The third kappa shape index (κ3) is 4.01. The summed E-state index contributed by atoms with van der Waals surface area (Å²) < 4.78 is 3.97. The maximum absolute atomic E-state index is 12.8. The van der Waals surface area contributed by atoms with Gasteiger partial charge in [0.25, 0.3) is 5.56 Å². The van der Waals surface area contributed by atoms with Crippen LogP contribution in [0, 0.1) is 0 Å². The summed E-state index contributed by atoms with van der Waals surface area (Å²) in [6.07, 6.45) is 4.50. The van der Waals surface area contributed by atoms with Gasteiger partial charge in [-0.3, -0.25) is 18.7 Å². The zero-order valence-electron chi connectivity index (χ0n) is 14.5. The van der Waals surface area contributed by atoms with E-state index in [1.807, 2.05) is 0 Å². The zero-order chi connectivity index (χ0) is 18.6. The lowest BCUT2D eigenvalue weighted by Gasteiger charge is -2.11. The van der Waals surface area contributed by atoms with Gasteiger partial charge in [0.1, 0.15) is 11.6 Å². The molecule has 0 aromatic carbocycles. The van der Waals surface area contributed by atoms with Gasteiger partial charge in [-0.05, 0) is 26.7 Å². The third-order valence-electron chi connectivity index (χ3n) is 3.85. The van der Waals surface area contributed by atoms with Gasteiger partial charge in [0.15, 0.2) is 11.2 Å². The Kier molecular flexibility index (Phi) is 5.84. The molecule has 134 valence electrons. The number of fused-ring (bicyclic) bond motifs is 1. The number of ketones is 2. The summed E-state index contributed by atoms with van der Waals surface area (Å²) >= 11 is 0. The van der Waals surface area contributed by atoms with Crippen molar-refractivity contribution >= 4 is 22.7 Å². The van der Waals surface area contributed by atoms with Gasteiger partial charge in [-0.2, -0.15) is 0 Å². The molecular formula is C17H22N4O4. The quantitative estimate of drug-likeness (QED) is 0.496. The van der Waals surface area contributed by atoms with E-state index in [0.29, 0.717) is 19.3 Å². The van der Waals surface area contributed by atoms with Crippen molar-refractivity contribution in [2.75, 3.05) is 0 Å². The molecule has 25 heavy (non-hydrogen) atoms. The van der Waals surface area contributed by atoms with E-state index in [0.717, 1.165) is 4.57 Å². The van der Waals surface area contributed by atoms with E-state index in [1.165, 1.54) is 29.3 Å². The van der Waals surface area contributed by atoms with Crippen LogP contribution in [0.3, 0.4) is 0 Å². The highest BCUT2D eigenvalue weighted by atomic mass is 16.2. The van der Waals surface area contributed by atoms with Crippen molar-refractivity contribution in [1.82, 2.24) is 18.7 Å². The average Bonchev–Trinajstić information content (AvgIpc) is 2.93. The van der Waals surface area contributed by atoms with Crippen molar-refractivity contribution in [3.05, 3.63) is 39.8 Å². The van der Waals surface area contributed by atoms with Crippen LogP contribution in [0.2, 0.25) is 0 Å². The summed E-state index contributed by atoms with van der Waals surface area (Å²) in [6, 6.07) is 0. The molecule has 0 unspecified atom stereocenters. The van der Waals surface area contributed by atoms with Gasteiger partial charge < -0.3 is 9.36 Å². The zero-order valence-corrected chi connectivity index (χ0v) is 14.5. The van der Waals surface area contributed by atoms with Crippen molar-refractivity contribution in [2.45, 2.75) is 52.7 Å². The van der Waals surface area contributed by atoms with Gasteiger partial charge in [0.05, 0.1) is 12.9 Å². The number of hydrogen-bond acceptors (Lipinski definition) is 5. The molecule has 0 N–H and O–H groups in total. The molecule has 0 bridgehead atoms. The molecule has 0 saturated heterocycles. The normalized spacial score (nSPS) is 11.0. The Morgan fingerprint density at radius 2 is 1.88 bits per heavy atom. The van der Waals surface area contributed by atoms with Crippen molar-refractivity contribution in [1.29, 1.82) is 0 Å². The van der Waals surface area contributed by atoms with E-state index >= 15 is 0 Å². The highest BCUT2D eigenvalue weighted by Crippen LogP contribution is 2.08. The minimum atomic E-state index is -0.470. The fourth-order valence-corrected chi connectivity index (χ4v) is 2.73. The third-order valence-corrected chi connectivity index (χ3v) is 3.85. The lowest BCUT2D eigenvalue weighted by atomic mass is 10.2. The Morgan fingerprint density at radius 3 is 2.48 bits per heavy atom. The number of aromatic nitrogens is 4. The average molecular weight is 346 g/mol. The first-order valence-corrected chi connectivity index (χ1v) is 8.15. The Bertz CT molecular complexity index is 932. The number of carbonyl (C=O) groups is 2. The molecule has 0 aliphatic heterocycles. The summed E-state index contributed by atoms with van der Waals surface area (Å²) in [4.78, 5) is 52.0. The standard InChI is InChI=1S/C17H22N4O4/c1-4-8-20-15-14(19(11-18-15)10-13(3)23)16(24)21(17(20)25)9-6-5-7-12(2)22/h4,11H,1,5-10H2,2-3H3. The van der Waals surface area contributed by atoms with Crippen LogP contribution < -0.4 is 11.2 Å². The van der Waals surface area contributed by atoms with Crippen molar-refractivity contribution in [2.24, 2.45) is 0 Å². The second kappa shape index (κ2) is 7.87. The van der Waals surface area contributed by atoms with Gasteiger partial charge >= 0.3 is 5.69 Å². The van der Waals surface area contributed by atoms with Crippen LogP contribution in [-0.4, -0.2) is 30.3 Å². The van der Waals surface area contributed by atoms with E-state index in [-0.39, 0.29) is 42.4 Å². The van der Waals surface area contributed by atoms with E-state index in [2.05, 4.69) is 11.6 Å². The molecule has 8 nitrogen and oxygen atoms in total. The summed E-state index contributed by atoms with van der Waals surface area (Å²) in [7, 11) is 0. The predicted octanol–water partition coefficient (Wildman–Crippen LogP) is 0.894. The SMILES string of the molecule is C=CCn1c(=O)n(CCCCC(C)=O)c(=O)c2c1ncn2CC(C)=O. The molecule has 0 saturated carbocycles. The minimum Gasteiger partial charge on any atom is -0.317 e. The summed E-state index contributed by atoms with van der Waals surface area (Å²) in [5, 5.41) is 0. The van der Waals surface area contributed by atoms with Crippen LogP contribution in [-0.2, 0) is 29.2 Å². The van der Waals surface area contributed by atoms with Gasteiger partial charge in [-0.1, -0.05) is 6.08 Å². The van der Waals surface area contributed by atoms with Gasteiger partial charge in [0.2, 0.25) is 0 Å². The number of carbonyl (C=O) groups excluding carboxylic acids is 2. The Balaban J connectivity index is 2.54. The predicted molar refractivity (Wildman–Crippen MR) is 93.7 cm³/mol. The smallest absolute Gasteiger partial charge is 0.317 e. The van der Waals surface area contributed by atoms with Crippen LogP contribution in [0.25, 0.3) is 11.2 Å². The van der Waals surface area contributed by atoms with Gasteiger partial charge in [0, 0.05) is 19.5 Å². The highest BCUT2D eigenvalue weighted by Gasteiger charge is 2.17. The fourth-order valence-electron chi connectivity index (χ4n) is 2.73. The summed E-state index contributed by atoms with van der Waals surface area (Å²) in [5.74, 6) is -0.0421. The van der Waals surface area contributed by atoms with Crippen LogP contribution >= 0.6 is 0 Å². The Labute approximate surface area is 144 Å². The molecule has 0 aliphatic carbocycles. The lowest BCUT2D eigenvalue weighted by Crippen LogP contribution is -2.40. The molecule has 0 spiro atoms. The van der Waals surface area contributed by atoms with Crippen LogP contribution in [0.4, 0.5) is 0 Å². The molecule has 2 heterocycles. The maximum Gasteiger partial charge on any atom is 0.333 e. The second-order valence-electron chi connectivity index (χ2n) is 6.04. The van der Waals surface area contributed by atoms with E-state index in [9.17, 15) is 19.2 Å². The topological polar surface area (TPSA) is 96.0 Å². The lowest BCUT2D eigenvalue weighted by molar-refractivity contribution is -0.118. The number of unbranched alkanes of at least 4 members (excludes halogenated alkanes) is 1. The Morgan fingerprint density at radius 1 is 1.16 bits per heavy atom. The molecule has 0 amide bonds. The first kappa shape index (κ1) is 18.6. The monoisotopic (exact) mass is 346 g/mol. The van der Waals surface area contributed by atoms with Crippen molar-refractivity contribution in [3.63, 3.8) is 0 Å². The van der Waals surface area contributed by atoms with E-state index < -0.39 is 11.2 Å². The van der Waals surface area contributed by atoms with Crippen LogP contribution in [0.1, 0.15) is 33.1 Å². The minimum absolute atomic E-state index is 0.0162. The number of Topliss-reactive ketones (excluding diaryl/α,β-unsaturated/α-hetero) is 2. The summed E-state index contributed by atoms with van der Waals surface area (Å²) in [6.45, 7) is 7.00.